The number of rotatable bonds is 12. The molecule has 19 heteroatoms. The van der Waals surface area contributed by atoms with Crippen molar-refractivity contribution in [2.45, 2.75) is 96.2 Å². The van der Waals surface area contributed by atoms with Crippen LogP contribution in [0.1, 0.15) is 98.3 Å². The van der Waals surface area contributed by atoms with Gasteiger partial charge in [-0.05, 0) is 86.4 Å². The summed E-state index contributed by atoms with van der Waals surface area (Å²) in [5, 5.41) is 11.9. The summed E-state index contributed by atoms with van der Waals surface area (Å²) in [4.78, 5) is 74.9. The van der Waals surface area contributed by atoms with E-state index in [1.165, 1.54) is 4.57 Å². The minimum absolute atomic E-state index is 0.00703. The number of likely N-dealkylation sites (tertiary alicyclic amines) is 1. The number of hydrogen-bond donors (Lipinski definition) is 1. The fraction of sp³-hybridized carbons (Fsp3) is 0.540. The van der Waals surface area contributed by atoms with E-state index in [4.69, 9.17) is 5.10 Å². The molecule has 0 spiro atoms. The molecule has 0 saturated carbocycles. The lowest BCUT2D eigenvalue weighted by Gasteiger charge is -2.36. The Morgan fingerprint density at radius 3 is 2.36 bits per heavy atom. The topological polar surface area (TPSA) is 159 Å². The Labute approximate surface area is 399 Å². The van der Waals surface area contributed by atoms with Crippen LogP contribution in [0.2, 0.25) is 0 Å². The maximum atomic E-state index is 14.7. The number of anilines is 2. The molecule has 1 unspecified atom stereocenters. The van der Waals surface area contributed by atoms with Gasteiger partial charge in [-0.3, -0.25) is 43.0 Å². The molecule has 5 aliphatic rings. The number of piperidine rings is 2. The lowest BCUT2D eigenvalue weighted by atomic mass is 9.92. The number of carbonyl (C=O) groups excluding carboxylic acids is 4. The van der Waals surface area contributed by atoms with Crippen LogP contribution >= 0.6 is 0 Å². The molecule has 1 N–H and O–H groups in total. The summed E-state index contributed by atoms with van der Waals surface area (Å²) in [5.74, 6) is 0.143. The van der Waals surface area contributed by atoms with Gasteiger partial charge in [0.25, 0.3) is 6.43 Å². The molecule has 0 radical (unpaired) electrons. The first-order chi connectivity index (χ1) is 33.3. The van der Waals surface area contributed by atoms with E-state index < -0.39 is 18.4 Å². The molecular weight excluding hydrogens is 887 g/mol. The molecule has 69 heavy (non-hydrogen) atoms. The van der Waals surface area contributed by atoms with Crippen molar-refractivity contribution in [2.75, 3.05) is 70.3 Å². The van der Waals surface area contributed by atoms with Gasteiger partial charge in [0.1, 0.15) is 6.04 Å². The van der Waals surface area contributed by atoms with Gasteiger partial charge in [0.15, 0.2) is 5.82 Å². The predicted octanol–water partition coefficient (Wildman–Crippen LogP) is 4.65. The van der Waals surface area contributed by atoms with E-state index >= 15 is 0 Å². The van der Waals surface area contributed by atoms with E-state index in [9.17, 15) is 32.8 Å². The number of imide groups is 1. The second kappa shape index (κ2) is 19.3. The third kappa shape index (κ3) is 9.10. The zero-order chi connectivity index (χ0) is 48.1. The highest BCUT2D eigenvalue weighted by atomic mass is 19.3. The summed E-state index contributed by atoms with van der Waals surface area (Å²) in [5.41, 5.74) is 7.23. The number of imidazole rings is 1. The number of alkyl halides is 2. The Morgan fingerprint density at radius 1 is 0.884 bits per heavy atom. The van der Waals surface area contributed by atoms with Gasteiger partial charge < -0.3 is 24.5 Å². The van der Waals surface area contributed by atoms with Crippen LogP contribution < -0.4 is 15.9 Å². The Kier molecular flexibility index (Phi) is 13.0. The summed E-state index contributed by atoms with van der Waals surface area (Å²) in [6.45, 7) is 9.70. The summed E-state index contributed by atoms with van der Waals surface area (Å²) >= 11 is 0. The van der Waals surface area contributed by atoms with E-state index in [0.29, 0.717) is 75.2 Å². The maximum Gasteiger partial charge on any atom is 0.329 e. The number of aromatic nitrogens is 6. The molecular formula is C50H62F2N12O5. The van der Waals surface area contributed by atoms with E-state index in [1.807, 2.05) is 34.1 Å². The summed E-state index contributed by atoms with van der Waals surface area (Å²) in [6.07, 6.45) is 7.12. The number of benzene rings is 2. The molecule has 1 atom stereocenters. The second-order valence-electron chi connectivity index (χ2n) is 19.5. The van der Waals surface area contributed by atoms with Crippen molar-refractivity contribution < 1.29 is 28.0 Å². The first-order valence-electron chi connectivity index (χ1n) is 24.6. The lowest BCUT2D eigenvalue weighted by Crippen LogP contribution is -2.48. The fourth-order valence-electron chi connectivity index (χ4n) is 11.5. The van der Waals surface area contributed by atoms with Gasteiger partial charge in [0.2, 0.25) is 23.6 Å². The van der Waals surface area contributed by atoms with Crippen LogP contribution in [0.15, 0.2) is 47.5 Å². The average molecular weight is 949 g/mol. The van der Waals surface area contributed by atoms with Crippen molar-refractivity contribution >= 4 is 46.2 Å². The molecule has 0 aliphatic carbocycles. The highest BCUT2D eigenvalue weighted by Gasteiger charge is 2.36. The summed E-state index contributed by atoms with van der Waals surface area (Å²) < 4.78 is 36.4. The van der Waals surface area contributed by atoms with E-state index in [0.717, 1.165) is 111 Å². The van der Waals surface area contributed by atoms with Gasteiger partial charge >= 0.3 is 5.69 Å². The number of fused-ring (bicyclic) bond motifs is 3. The first-order valence-corrected chi connectivity index (χ1v) is 24.6. The highest BCUT2D eigenvalue weighted by Crippen LogP contribution is 2.44. The quantitative estimate of drug-likeness (QED) is 0.175. The number of amides is 4. The minimum atomic E-state index is -2.68. The van der Waals surface area contributed by atoms with Crippen LogP contribution in [0.3, 0.4) is 0 Å². The standard InChI is InChI=1S/C50H62F2N12O5/c1-32(65)61-22-15-40-39(31-61)48(62-18-6-9-34-27-37(35-29-53-56(2)30-35)38(47(51)52)28-43(34)62)55-64(40)36-13-20-60(21-14-36)45(67)16-19-59-25-23-58(24-26-59)17-5-8-33-7-4-10-41-46(33)57(3)50(69)63(41)42-11-12-44(66)54-49(42)68/h4,7,10,27-30,36,42,47H,5-6,8-9,11-26,31H2,1-3H3,(H,54,66,68). The molecule has 8 heterocycles. The number of piperazine rings is 1. The Hall–Kier alpha value is -6.21. The predicted molar refractivity (Wildman–Crippen MR) is 255 cm³/mol. The van der Waals surface area contributed by atoms with Gasteiger partial charge in [-0.25, -0.2) is 13.6 Å². The third-order valence-electron chi connectivity index (χ3n) is 15.3. The van der Waals surface area contributed by atoms with Crippen molar-refractivity contribution in [1.82, 2.24) is 53.6 Å². The number of hydrogen-bond acceptors (Lipinski definition) is 10. The van der Waals surface area contributed by atoms with Crippen molar-refractivity contribution in [1.29, 1.82) is 0 Å². The molecule has 5 aliphatic heterocycles. The third-order valence-corrected chi connectivity index (χ3v) is 15.3. The van der Waals surface area contributed by atoms with Crippen molar-refractivity contribution in [3.63, 3.8) is 0 Å². The van der Waals surface area contributed by atoms with E-state index in [2.05, 4.69) is 29.8 Å². The number of nitrogens with one attached hydrogen (secondary N) is 1. The fourth-order valence-corrected chi connectivity index (χ4v) is 11.5. The van der Waals surface area contributed by atoms with Crippen LogP contribution in [0, 0.1) is 0 Å². The average Bonchev–Trinajstić information content (AvgIpc) is 4.03. The zero-order valence-corrected chi connectivity index (χ0v) is 39.8. The van der Waals surface area contributed by atoms with Gasteiger partial charge in [-0.1, -0.05) is 12.1 Å². The Bertz CT molecular complexity index is 2850. The SMILES string of the molecule is CC(=O)N1CCc2c(c(N3CCCc4cc(-c5cnn(C)c5)c(C(F)F)cc43)nn2C2CCN(C(=O)CCN3CCN(CCCc4cccc5c4n(C)c(=O)n5C4CCC(=O)NC4=O)CC3)CC2)C1. The molecule has 0 bridgehead atoms. The zero-order valence-electron chi connectivity index (χ0n) is 39.8. The van der Waals surface area contributed by atoms with Crippen LogP contribution in [0.5, 0.6) is 0 Å². The van der Waals surface area contributed by atoms with Crippen LogP contribution in [0.4, 0.5) is 20.3 Å². The molecule has 10 rings (SSSR count). The second-order valence-corrected chi connectivity index (χ2v) is 19.5. The number of nitrogens with zero attached hydrogens (tertiary/aromatic N) is 11. The molecule has 5 aromatic rings. The Balaban J connectivity index is 0.735. The van der Waals surface area contributed by atoms with Crippen LogP contribution in [0.25, 0.3) is 22.2 Å². The first kappa shape index (κ1) is 46.5. The molecule has 17 nitrogen and oxygen atoms in total. The monoisotopic (exact) mass is 948 g/mol. The van der Waals surface area contributed by atoms with Crippen molar-refractivity contribution in [3.05, 3.63) is 81.2 Å². The molecule has 2 aromatic carbocycles. The smallest absolute Gasteiger partial charge is 0.329 e. The number of halogens is 2. The number of para-hydroxylation sites is 1. The Morgan fingerprint density at radius 2 is 1.65 bits per heavy atom. The summed E-state index contributed by atoms with van der Waals surface area (Å²) in [6, 6.07) is 8.74. The molecule has 3 saturated heterocycles. The van der Waals surface area contributed by atoms with Gasteiger partial charge in [-0.15, -0.1) is 0 Å². The normalized spacial score (nSPS) is 19.7. The largest absolute Gasteiger partial charge is 0.343 e. The highest BCUT2D eigenvalue weighted by molar-refractivity contribution is 6.00. The van der Waals surface area contributed by atoms with Gasteiger partial charge in [0.05, 0.1) is 29.8 Å². The van der Waals surface area contributed by atoms with E-state index in [-0.39, 0.29) is 41.4 Å². The van der Waals surface area contributed by atoms with Crippen molar-refractivity contribution in [3.8, 4) is 11.1 Å². The van der Waals surface area contributed by atoms with Crippen molar-refractivity contribution in [2.24, 2.45) is 14.1 Å². The lowest BCUT2D eigenvalue weighted by molar-refractivity contribution is -0.136. The molecule has 3 fully saturated rings. The molecule has 4 amide bonds. The molecule has 3 aromatic heterocycles. The van der Waals surface area contributed by atoms with Crippen LogP contribution in [-0.4, -0.2) is 137 Å². The maximum absolute atomic E-state index is 14.7. The number of carbonyl (C=O) groups is 4. The summed E-state index contributed by atoms with van der Waals surface area (Å²) in [7, 11) is 3.52. The number of aryl methyl sites for hydroxylation is 4. The minimum Gasteiger partial charge on any atom is -0.343 e. The van der Waals surface area contributed by atoms with Gasteiger partial charge in [-0.2, -0.15) is 10.2 Å². The molecule has 366 valence electrons. The van der Waals surface area contributed by atoms with E-state index in [1.54, 1.807) is 48.7 Å². The van der Waals surface area contributed by atoms with Crippen LogP contribution in [-0.2, 0) is 59.1 Å². The van der Waals surface area contributed by atoms with Gasteiger partial charge in [0, 0.05) is 133 Å².